The third kappa shape index (κ3) is 2.48. The maximum absolute atomic E-state index is 4.62. The van der Waals surface area contributed by atoms with Crippen molar-refractivity contribution < 1.29 is 0 Å². The normalized spacial score (nSPS) is 13.0. The van der Waals surface area contributed by atoms with Crippen molar-refractivity contribution in [1.29, 1.82) is 0 Å². The van der Waals surface area contributed by atoms with Crippen molar-refractivity contribution in [1.82, 2.24) is 24.6 Å². The van der Waals surface area contributed by atoms with Crippen molar-refractivity contribution in [2.24, 2.45) is 7.05 Å². The highest BCUT2D eigenvalue weighted by molar-refractivity contribution is 5.90. The fraction of sp³-hybridized carbons (Fsp3) is 0.353. The van der Waals surface area contributed by atoms with E-state index in [2.05, 4.69) is 65.3 Å². The molecule has 0 N–H and O–H groups in total. The average molecular weight is 295 g/mol. The molecule has 1 atom stereocenters. The predicted molar refractivity (Wildman–Crippen MR) is 88.6 cm³/mol. The van der Waals surface area contributed by atoms with Crippen LogP contribution >= 0.6 is 0 Å². The number of hydrogen-bond acceptors (Lipinski definition) is 4. The van der Waals surface area contributed by atoms with Crippen LogP contribution in [0.1, 0.15) is 24.4 Å². The highest BCUT2D eigenvalue weighted by Crippen LogP contribution is 2.27. The first-order chi connectivity index (χ1) is 10.5. The topological polar surface area (TPSA) is 46.8 Å². The highest BCUT2D eigenvalue weighted by atomic mass is 15.3. The molecule has 0 aliphatic heterocycles. The minimum absolute atomic E-state index is 0.389. The second kappa shape index (κ2) is 5.50. The number of fused-ring (bicyclic) bond motifs is 1. The van der Waals surface area contributed by atoms with Gasteiger partial charge in [-0.1, -0.05) is 24.3 Å². The van der Waals surface area contributed by atoms with Gasteiger partial charge in [-0.05, 0) is 33.5 Å². The van der Waals surface area contributed by atoms with Crippen LogP contribution in [-0.2, 0) is 7.05 Å². The minimum atomic E-state index is 0.389. The Balaban J connectivity index is 2.08. The fourth-order valence-electron chi connectivity index (χ4n) is 2.57. The molecule has 5 heteroatoms. The molecule has 2 heterocycles. The molecular formula is C17H21N5. The third-order valence-corrected chi connectivity index (χ3v) is 4.15. The van der Waals surface area contributed by atoms with E-state index < -0.39 is 0 Å². The zero-order chi connectivity index (χ0) is 15.9. The summed E-state index contributed by atoms with van der Waals surface area (Å²) in [7, 11) is 6.08. The Bertz CT molecular complexity index is 802. The van der Waals surface area contributed by atoms with Crippen molar-refractivity contribution in [3.05, 3.63) is 41.9 Å². The maximum atomic E-state index is 4.62. The van der Waals surface area contributed by atoms with E-state index in [1.807, 2.05) is 20.2 Å². The fourth-order valence-corrected chi connectivity index (χ4v) is 2.57. The summed E-state index contributed by atoms with van der Waals surface area (Å²) in [6.07, 6.45) is 1.83. The van der Waals surface area contributed by atoms with Gasteiger partial charge in [0.15, 0.2) is 5.65 Å². The van der Waals surface area contributed by atoms with Gasteiger partial charge >= 0.3 is 0 Å². The van der Waals surface area contributed by atoms with Crippen molar-refractivity contribution in [2.75, 3.05) is 14.1 Å². The lowest BCUT2D eigenvalue weighted by atomic mass is 10.0. The van der Waals surface area contributed by atoms with Gasteiger partial charge in [0.05, 0.1) is 17.3 Å². The zero-order valence-electron chi connectivity index (χ0n) is 13.7. The first-order valence-electron chi connectivity index (χ1n) is 7.40. The summed E-state index contributed by atoms with van der Waals surface area (Å²) in [5, 5.41) is 5.29. The van der Waals surface area contributed by atoms with Crippen molar-refractivity contribution in [2.45, 2.75) is 19.9 Å². The Morgan fingerprint density at radius 3 is 2.41 bits per heavy atom. The zero-order valence-corrected chi connectivity index (χ0v) is 13.7. The van der Waals surface area contributed by atoms with Gasteiger partial charge in [0, 0.05) is 18.7 Å². The lowest BCUT2D eigenvalue weighted by Crippen LogP contribution is -2.16. The van der Waals surface area contributed by atoms with E-state index in [1.165, 1.54) is 5.56 Å². The summed E-state index contributed by atoms with van der Waals surface area (Å²) >= 11 is 0. The number of nitrogens with zero attached hydrogens (tertiary/aromatic N) is 5. The second-order valence-corrected chi connectivity index (χ2v) is 5.89. The number of rotatable bonds is 3. The summed E-state index contributed by atoms with van der Waals surface area (Å²) in [6.45, 7) is 4.11. The van der Waals surface area contributed by atoms with Gasteiger partial charge < -0.3 is 4.90 Å². The Labute approximate surface area is 130 Å². The summed E-state index contributed by atoms with van der Waals surface area (Å²) in [5.41, 5.74) is 4.20. The molecule has 0 radical (unpaired) electrons. The standard InChI is InChI=1S/C17H21N5/c1-11(21(3)4)13-6-8-14(9-7-13)16-15-10-18-22(5)17(15)20-12(2)19-16/h6-11H,1-5H3. The van der Waals surface area contributed by atoms with E-state index in [4.69, 9.17) is 0 Å². The van der Waals surface area contributed by atoms with Gasteiger partial charge in [-0.15, -0.1) is 0 Å². The molecule has 22 heavy (non-hydrogen) atoms. The van der Waals surface area contributed by atoms with Gasteiger partial charge in [0.2, 0.25) is 0 Å². The highest BCUT2D eigenvalue weighted by Gasteiger charge is 2.13. The molecule has 0 fully saturated rings. The van der Waals surface area contributed by atoms with E-state index in [0.717, 1.165) is 28.1 Å². The molecule has 5 nitrogen and oxygen atoms in total. The van der Waals surface area contributed by atoms with Crippen LogP contribution in [0.2, 0.25) is 0 Å². The molecule has 114 valence electrons. The molecule has 1 unspecified atom stereocenters. The number of benzene rings is 1. The lowest BCUT2D eigenvalue weighted by Gasteiger charge is -2.20. The molecule has 0 saturated carbocycles. The summed E-state index contributed by atoms with van der Waals surface area (Å²) < 4.78 is 1.79. The number of aromatic nitrogens is 4. The molecule has 2 aromatic heterocycles. The van der Waals surface area contributed by atoms with Crippen LogP contribution in [0.5, 0.6) is 0 Å². The first kappa shape index (κ1) is 14.7. The van der Waals surface area contributed by atoms with Crippen LogP contribution in [0.3, 0.4) is 0 Å². The van der Waals surface area contributed by atoms with Crippen molar-refractivity contribution in [3.63, 3.8) is 0 Å². The minimum Gasteiger partial charge on any atom is -0.303 e. The van der Waals surface area contributed by atoms with E-state index in [0.29, 0.717) is 6.04 Å². The second-order valence-electron chi connectivity index (χ2n) is 5.89. The lowest BCUT2D eigenvalue weighted by molar-refractivity contribution is 0.321. The van der Waals surface area contributed by atoms with Crippen molar-refractivity contribution in [3.8, 4) is 11.3 Å². The van der Waals surface area contributed by atoms with E-state index in [1.54, 1.807) is 4.68 Å². The molecule has 0 aliphatic rings. The quantitative estimate of drug-likeness (QED) is 0.745. The van der Waals surface area contributed by atoms with Crippen LogP contribution in [0, 0.1) is 6.92 Å². The van der Waals surface area contributed by atoms with Crippen LogP contribution in [0.4, 0.5) is 0 Å². The van der Waals surface area contributed by atoms with Gasteiger partial charge in [0.25, 0.3) is 0 Å². The number of hydrogen-bond donors (Lipinski definition) is 0. The molecular weight excluding hydrogens is 274 g/mol. The molecule has 0 aliphatic carbocycles. The SMILES string of the molecule is Cc1nc(-c2ccc(C(C)N(C)C)cc2)c2cnn(C)c2n1. The van der Waals surface area contributed by atoms with E-state index in [9.17, 15) is 0 Å². The summed E-state index contributed by atoms with van der Waals surface area (Å²) in [5.74, 6) is 0.761. The molecule has 0 bridgehead atoms. The maximum Gasteiger partial charge on any atom is 0.161 e. The summed E-state index contributed by atoms with van der Waals surface area (Å²) in [6, 6.07) is 8.98. The van der Waals surface area contributed by atoms with E-state index in [-0.39, 0.29) is 0 Å². The Hall–Kier alpha value is -2.27. The Morgan fingerprint density at radius 2 is 1.77 bits per heavy atom. The smallest absolute Gasteiger partial charge is 0.161 e. The largest absolute Gasteiger partial charge is 0.303 e. The molecule has 0 amide bonds. The molecule has 3 aromatic rings. The third-order valence-electron chi connectivity index (χ3n) is 4.15. The molecule has 3 rings (SSSR count). The first-order valence-corrected chi connectivity index (χ1v) is 7.40. The van der Waals surface area contributed by atoms with Gasteiger partial charge in [-0.25, -0.2) is 9.97 Å². The van der Waals surface area contributed by atoms with Crippen LogP contribution in [0.25, 0.3) is 22.3 Å². The Morgan fingerprint density at radius 1 is 1.09 bits per heavy atom. The Kier molecular flexibility index (Phi) is 3.66. The molecule has 1 aromatic carbocycles. The van der Waals surface area contributed by atoms with Crippen LogP contribution in [0.15, 0.2) is 30.5 Å². The predicted octanol–water partition coefficient (Wildman–Crippen LogP) is 2.96. The van der Waals surface area contributed by atoms with Crippen LogP contribution < -0.4 is 0 Å². The van der Waals surface area contributed by atoms with E-state index >= 15 is 0 Å². The van der Waals surface area contributed by atoms with Crippen LogP contribution in [-0.4, -0.2) is 38.7 Å². The molecule has 0 spiro atoms. The average Bonchev–Trinajstić information content (AvgIpc) is 2.87. The van der Waals surface area contributed by atoms with Gasteiger partial charge in [-0.3, -0.25) is 4.68 Å². The van der Waals surface area contributed by atoms with Crippen molar-refractivity contribution >= 4 is 11.0 Å². The summed E-state index contributed by atoms with van der Waals surface area (Å²) in [4.78, 5) is 11.3. The van der Waals surface area contributed by atoms with Gasteiger partial charge in [0.1, 0.15) is 5.82 Å². The number of aryl methyl sites for hydroxylation is 2. The van der Waals surface area contributed by atoms with Gasteiger partial charge in [-0.2, -0.15) is 5.10 Å². The monoisotopic (exact) mass is 295 g/mol. The molecule has 0 saturated heterocycles.